The average Bonchev–Trinajstić information content (AvgIpc) is 3.89. The largest absolute Gasteiger partial charge is 0.379 e. The van der Waals surface area contributed by atoms with E-state index in [2.05, 4.69) is 25.5 Å². The van der Waals surface area contributed by atoms with Crippen molar-refractivity contribution in [3.05, 3.63) is 75.3 Å². The van der Waals surface area contributed by atoms with E-state index in [1.54, 1.807) is 42.1 Å². The second-order valence-corrected chi connectivity index (χ2v) is 17.1. The van der Waals surface area contributed by atoms with E-state index < -0.39 is 29.7 Å². The van der Waals surface area contributed by atoms with Gasteiger partial charge in [-0.1, -0.05) is 18.9 Å². The summed E-state index contributed by atoms with van der Waals surface area (Å²) in [5.41, 5.74) is 2.42. The number of piperazine rings is 1. The summed E-state index contributed by atoms with van der Waals surface area (Å²) in [6, 6.07) is 7.78. The quantitative estimate of drug-likeness (QED) is 0.0708. The van der Waals surface area contributed by atoms with E-state index in [1.165, 1.54) is 18.7 Å². The van der Waals surface area contributed by atoms with E-state index in [1.807, 2.05) is 17.0 Å². The van der Waals surface area contributed by atoms with Crippen molar-refractivity contribution in [2.75, 3.05) is 68.6 Å². The van der Waals surface area contributed by atoms with E-state index in [-0.39, 0.29) is 65.9 Å². The lowest BCUT2D eigenvalue weighted by Crippen LogP contribution is -2.54. The van der Waals surface area contributed by atoms with Crippen LogP contribution in [0.15, 0.2) is 52.4 Å². The summed E-state index contributed by atoms with van der Waals surface area (Å²) >= 11 is 1.37. The van der Waals surface area contributed by atoms with Gasteiger partial charge in [-0.05, 0) is 62.9 Å². The van der Waals surface area contributed by atoms with Crippen LogP contribution in [0.3, 0.4) is 0 Å². The van der Waals surface area contributed by atoms with Crippen LogP contribution in [0, 0.1) is 6.92 Å². The van der Waals surface area contributed by atoms with Crippen LogP contribution in [0.1, 0.15) is 94.5 Å². The number of ether oxygens (including phenoxy) is 2. The topological polar surface area (TPSA) is 215 Å². The summed E-state index contributed by atoms with van der Waals surface area (Å²) in [5, 5.41) is 6.05. The molecule has 2 N–H and O–H groups in total. The molecule has 0 spiro atoms. The van der Waals surface area contributed by atoms with Gasteiger partial charge in [0.15, 0.2) is 5.78 Å². The Morgan fingerprint density at radius 1 is 0.889 bits per heavy atom. The highest BCUT2D eigenvalue weighted by atomic mass is 32.2. The van der Waals surface area contributed by atoms with Gasteiger partial charge in [0, 0.05) is 60.9 Å². The van der Waals surface area contributed by atoms with E-state index >= 15 is 0 Å². The number of thioether (sulfide) groups is 1. The number of aromatic nitrogens is 4. The molecule has 1 atom stereocenters. The van der Waals surface area contributed by atoms with Crippen LogP contribution in [-0.4, -0.2) is 129 Å². The monoisotopic (exact) mass is 879 g/mol. The number of ketones is 1. The van der Waals surface area contributed by atoms with Crippen LogP contribution in [0.25, 0.3) is 11.0 Å². The van der Waals surface area contributed by atoms with Gasteiger partial charge in [-0.3, -0.25) is 48.3 Å². The molecule has 6 heterocycles. The minimum atomic E-state index is -1.02. The molecule has 19 heteroatoms. The normalized spacial score (nSPS) is 18.1. The number of piperidine rings is 1. The number of fused-ring (bicyclic) bond motifs is 2. The number of Topliss-reactive ketones (excluding diaryl/α,β-unsaturated/α-hetero) is 1. The number of hydrogen-bond acceptors (Lipinski definition) is 15. The fraction of sp³-hybridized carbons (Fsp3) is 0.455. The number of carbonyl (C=O) groups excluding carboxylic acids is 6. The Labute approximate surface area is 367 Å². The van der Waals surface area contributed by atoms with Crippen molar-refractivity contribution < 1.29 is 38.2 Å². The minimum absolute atomic E-state index is 0.0160. The van der Waals surface area contributed by atoms with Crippen LogP contribution in [-0.2, 0) is 23.9 Å². The molecular weight excluding hydrogens is 831 g/mol. The number of aryl methyl sites for hydroxylation is 1. The zero-order valence-corrected chi connectivity index (χ0v) is 36.0. The van der Waals surface area contributed by atoms with Crippen molar-refractivity contribution in [3.63, 3.8) is 0 Å². The second-order valence-electron chi connectivity index (χ2n) is 15.9. The molecule has 8 rings (SSSR count). The first-order chi connectivity index (χ1) is 30.5. The number of benzene rings is 1. The van der Waals surface area contributed by atoms with Gasteiger partial charge in [0.1, 0.15) is 17.5 Å². The van der Waals surface area contributed by atoms with Crippen LogP contribution in [0.5, 0.6) is 0 Å². The van der Waals surface area contributed by atoms with Crippen LogP contribution >= 0.6 is 11.8 Å². The van der Waals surface area contributed by atoms with E-state index in [4.69, 9.17) is 14.5 Å². The van der Waals surface area contributed by atoms with Crippen molar-refractivity contribution in [2.24, 2.45) is 0 Å². The first-order valence-corrected chi connectivity index (χ1v) is 22.3. The van der Waals surface area contributed by atoms with Crippen LogP contribution < -0.4 is 21.1 Å². The summed E-state index contributed by atoms with van der Waals surface area (Å²) in [4.78, 5) is 109. The number of imide groups is 2. The van der Waals surface area contributed by atoms with Crippen molar-refractivity contribution in [3.8, 4) is 0 Å². The molecule has 5 amide bonds. The number of rotatable bonds is 16. The Kier molecular flexibility index (Phi) is 13.2. The molecule has 0 bridgehead atoms. The first-order valence-electron chi connectivity index (χ1n) is 21.3. The van der Waals surface area contributed by atoms with Gasteiger partial charge in [-0.2, -0.15) is 4.98 Å². The summed E-state index contributed by atoms with van der Waals surface area (Å²) in [6.45, 7) is 6.89. The predicted molar refractivity (Wildman–Crippen MR) is 232 cm³/mol. The number of pyridine rings is 2. The molecular formula is C44H49N9O9S. The first kappa shape index (κ1) is 43.6. The van der Waals surface area contributed by atoms with Gasteiger partial charge < -0.3 is 24.6 Å². The lowest BCUT2D eigenvalue weighted by atomic mass is 10.0. The third-order valence-electron chi connectivity index (χ3n) is 12.0. The summed E-state index contributed by atoms with van der Waals surface area (Å²) in [5.74, 6) is -1.04. The zero-order chi connectivity index (χ0) is 44.2. The maximum Gasteiger partial charge on any atom is 0.263 e. The van der Waals surface area contributed by atoms with Gasteiger partial charge in [-0.25, -0.2) is 9.97 Å². The molecule has 3 aliphatic heterocycles. The number of nitrogens with zero attached hydrogens (tertiary/aromatic N) is 7. The molecule has 1 saturated carbocycles. The number of anilines is 3. The van der Waals surface area contributed by atoms with Crippen molar-refractivity contribution >= 4 is 75.6 Å². The molecule has 2 saturated heterocycles. The van der Waals surface area contributed by atoms with Gasteiger partial charge in [0.25, 0.3) is 17.4 Å². The zero-order valence-electron chi connectivity index (χ0n) is 35.2. The molecule has 1 aliphatic carbocycles. The number of nitrogens with one attached hydrogen (secondary N) is 2. The average molecular weight is 880 g/mol. The fourth-order valence-electron chi connectivity index (χ4n) is 8.74. The molecule has 3 aromatic heterocycles. The SMILES string of the molecule is CC(=O)c1c(C)c2cnc(Nc3ccc(N4CCN(C(=O)CCOCCOCCSc5cccc6c5C(=O)N(C5CCC(=O)NC5=O)C6=O)CC4)cn3)nc2n(C2CCCC2)c1=O. The third kappa shape index (κ3) is 9.21. The highest BCUT2D eigenvalue weighted by Crippen LogP contribution is 2.35. The standard InChI is InChI=1S/C44H49N9O9S/c1-26-31-25-46-44(49-39(31)52(28-6-3-4-7-28)42(59)37(26)27(2)54)47-34-12-10-29(24-45-34)50-15-17-51(18-16-50)36(56)14-19-61-20-21-62-22-23-63-33-9-5-8-30-38(33)43(60)53(41(30)58)32-11-13-35(55)48-40(32)57/h5,8-10,12,24-25,28,32H,3-4,6-7,11,13-23H2,1-2H3,(H,48,55,57)(H,45,46,47,49). The fourth-order valence-corrected chi connectivity index (χ4v) is 9.68. The summed E-state index contributed by atoms with van der Waals surface area (Å²) in [6.07, 6.45) is 7.60. The molecule has 4 aromatic rings. The second kappa shape index (κ2) is 19.1. The molecule has 1 unspecified atom stereocenters. The van der Waals surface area contributed by atoms with Gasteiger partial charge in [-0.15, -0.1) is 11.8 Å². The van der Waals surface area contributed by atoms with Gasteiger partial charge in [0.05, 0.1) is 61.4 Å². The molecule has 330 valence electrons. The lowest BCUT2D eigenvalue weighted by Gasteiger charge is -2.36. The molecule has 0 radical (unpaired) electrons. The molecule has 63 heavy (non-hydrogen) atoms. The van der Waals surface area contributed by atoms with E-state index in [0.717, 1.165) is 36.3 Å². The molecule has 1 aromatic carbocycles. The van der Waals surface area contributed by atoms with Crippen LogP contribution in [0.2, 0.25) is 0 Å². The van der Waals surface area contributed by atoms with E-state index in [0.29, 0.717) is 85.0 Å². The Balaban J connectivity index is 0.737. The Bertz CT molecular complexity index is 2520. The predicted octanol–water partition coefficient (Wildman–Crippen LogP) is 3.82. The van der Waals surface area contributed by atoms with Gasteiger partial charge >= 0.3 is 0 Å². The Morgan fingerprint density at radius 2 is 1.65 bits per heavy atom. The maximum absolute atomic E-state index is 13.6. The van der Waals surface area contributed by atoms with Crippen LogP contribution in [0.4, 0.5) is 17.5 Å². The molecule has 18 nitrogen and oxygen atoms in total. The molecule has 3 fully saturated rings. The van der Waals surface area contributed by atoms with Crippen molar-refractivity contribution in [1.29, 1.82) is 0 Å². The number of carbonyl (C=O) groups is 6. The van der Waals surface area contributed by atoms with Gasteiger partial charge in [0.2, 0.25) is 23.7 Å². The summed E-state index contributed by atoms with van der Waals surface area (Å²) < 4.78 is 13.1. The summed E-state index contributed by atoms with van der Waals surface area (Å²) in [7, 11) is 0. The maximum atomic E-state index is 13.6. The lowest BCUT2D eigenvalue weighted by molar-refractivity contribution is -0.136. The highest BCUT2D eigenvalue weighted by molar-refractivity contribution is 7.99. The Morgan fingerprint density at radius 3 is 2.37 bits per heavy atom. The Hall–Kier alpha value is -6.05. The number of amides is 5. The minimum Gasteiger partial charge on any atom is -0.379 e. The smallest absolute Gasteiger partial charge is 0.263 e. The highest BCUT2D eigenvalue weighted by Gasteiger charge is 2.45. The van der Waals surface area contributed by atoms with Crippen molar-refractivity contribution in [1.82, 2.24) is 34.6 Å². The van der Waals surface area contributed by atoms with E-state index in [9.17, 15) is 33.6 Å². The molecule has 4 aliphatic rings. The number of hydrogen-bond donors (Lipinski definition) is 2. The van der Waals surface area contributed by atoms with Crippen molar-refractivity contribution in [2.45, 2.75) is 75.8 Å². The third-order valence-corrected chi connectivity index (χ3v) is 13.0.